The highest BCUT2D eigenvalue weighted by Gasteiger charge is 2.23. The molecule has 0 aromatic heterocycles. The lowest BCUT2D eigenvalue weighted by Crippen LogP contribution is -2.13. The molecule has 0 aliphatic carbocycles. The van der Waals surface area contributed by atoms with Gasteiger partial charge in [0.15, 0.2) is 0 Å². The van der Waals surface area contributed by atoms with Crippen LogP contribution in [0.25, 0.3) is 0 Å². The van der Waals surface area contributed by atoms with Gasteiger partial charge in [-0.25, -0.2) is 8.42 Å². The molecule has 0 radical (unpaired) electrons. The highest BCUT2D eigenvalue weighted by atomic mass is 35.5. The standard InChI is InChI=1S/C12H8ClN3O3S2/c13-7-4-5-8(10(17)6-7)16-21(18,19)11-3-1-2-9-12(11)15-20-14-9/h1-6,16-17H. The number of phenols is 1. The minimum atomic E-state index is -3.89. The number of nitrogens with one attached hydrogen (secondary N) is 1. The zero-order valence-electron chi connectivity index (χ0n) is 10.3. The highest BCUT2D eigenvalue weighted by molar-refractivity contribution is 7.93. The Hall–Kier alpha value is -1.90. The number of hydrogen-bond acceptors (Lipinski definition) is 5. The van der Waals surface area contributed by atoms with E-state index in [-0.39, 0.29) is 16.3 Å². The van der Waals surface area contributed by atoms with Crippen LogP contribution < -0.4 is 4.72 Å². The molecule has 1 heterocycles. The Balaban J connectivity index is 2.03. The van der Waals surface area contributed by atoms with Crippen molar-refractivity contribution in [2.45, 2.75) is 4.90 Å². The van der Waals surface area contributed by atoms with Gasteiger partial charge >= 0.3 is 0 Å². The molecule has 2 aromatic carbocycles. The molecule has 0 saturated carbocycles. The summed E-state index contributed by atoms with van der Waals surface area (Å²) in [4.78, 5) is 0.00287. The highest BCUT2D eigenvalue weighted by Crippen LogP contribution is 2.38. The van der Waals surface area contributed by atoms with E-state index in [0.717, 1.165) is 11.4 Å². The van der Waals surface area contributed by atoms with Gasteiger partial charge in [-0.15, -0.1) is 0 Å². The number of nitrogens with zero attached hydrogens (tertiary/aromatic N) is 2. The molecule has 0 unspecified atom stereocenters. The first-order valence-electron chi connectivity index (χ1n) is 5.70. The van der Waals surface area contributed by atoms with E-state index in [1.807, 2.05) is 0 Å². The maximum absolute atomic E-state index is 12.4. The molecule has 108 valence electrons. The summed E-state index contributed by atoms with van der Waals surface area (Å²) in [5.41, 5.74) is 0.839. The fourth-order valence-electron chi connectivity index (χ4n) is 1.79. The number of anilines is 1. The maximum Gasteiger partial charge on any atom is 0.264 e. The molecule has 0 saturated heterocycles. The molecule has 2 aromatic rings. The molecule has 0 bridgehead atoms. The predicted molar refractivity (Wildman–Crippen MR) is 81.9 cm³/mol. The minimum Gasteiger partial charge on any atom is -0.506 e. The van der Waals surface area contributed by atoms with Crippen LogP contribution in [-0.2, 0) is 21.4 Å². The van der Waals surface area contributed by atoms with Crippen molar-refractivity contribution in [3.63, 3.8) is 0 Å². The predicted octanol–water partition coefficient (Wildman–Crippen LogP) is 3.57. The monoisotopic (exact) mass is 341 g/mol. The first kappa shape index (κ1) is 14.1. The van der Waals surface area contributed by atoms with Gasteiger partial charge in [-0.1, -0.05) is 17.7 Å². The first-order valence-corrected chi connectivity index (χ1v) is 8.29. The van der Waals surface area contributed by atoms with Gasteiger partial charge in [0.05, 0.1) is 17.0 Å². The van der Waals surface area contributed by atoms with Crippen LogP contribution in [0.4, 0.5) is 17.1 Å². The quantitative estimate of drug-likeness (QED) is 0.713. The Morgan fingerprint density at radius 1 is 1.19 bits per heavy atom. The van der Waals surface area contributed by atoms with Crippen LogP contribution in [0.1, 0.15) is 0 Å². The summed E-state index contributed by atoms with van der Waals surface area (Å²) in [7, 11) is -3.89. The summed E-state index contributed by atoms with van der Waals surface area (Å²) in [6.45, 7) is 0. The van der Waals surface area contributed by atoms with Crippen LogP contribution in [0.5, 0.6) is 5.75 Å². The molecule has 3 rings (SSSR count). The largest absolute Gasteiger partial charge is 0.506 e. The average molecular weight is 342 g/mol. The zero-order chi connectivity index (χ0) is 15.0. The lowest BCUT2D eigenvalue weighted by Gasteiger charge is -2.11. The van der Waals surface area contributed by atoms with Crippen molar-refractivity contribution < 1.29 is 13.5 Å². The van der Waals surface area contributed by atoms with Crippen molar-refractivity contribution >= 4 is 50.0 Å². The SMILES string of the molecule is O=S(=O)(Nc1ccc(Cl)cc1O)c1cccc2c1N=S=N2. The van der Waals surface area contributed by atoms with Crippen molar-refractivity contribution in [1.82, 2.24) is 0 Å². The molecule has 1 aliphatic rings. The van der Waals surface area contributed by atoms with E-state index in [1.165, 1.54) is 24.3 Å². The number of rotatable bonds is 3. The number of aromatic hydroxyl groups is 1. The van der Waals surface area contributed by atoms with Crippen molar-refractivity contribution in [2.24, 2.45) is 8.73 Å². The van der Waals surface area contributed by atoms with Crippen molar-refractivity contribution in [2.75, 3.05) is 4.72 Å². The fourth-order valence-corrected chi connectivity index (χ4v) is 3.80. The summed E-state index contributed by atoms with van der Waals surface area (Å²) >= 11 is 6.65. The normalized spacial score (nSPS) is 12.8. The van der Waals surface area contributed by atoms with Crippen LogP contribution >= 0.6 is 11.6 Å². The zero-order valence-corrected chi connectivity index (χ0v) is 12.7. The number of benzene rings is 2. The second-order valence-corrected chi connectivity index (χ2v) is 6.77. The fraction of sp³-hybridized carbons (Fsp3) is 0. The van der Waals surface area contributed by atoms with E-state index in [4.69, 9.17) is 11.6 Å². The summed E-state index contributed by atoms with van der Waals surface area (Å²) in [5, 5.41) is 10.0. The Morgan fingerprint density at radius 2 is 2.00 bits per heavy atom. The smallest absolute Gasteiger partial charge is 0.264 e. The van der Waals surface area contributed by atoms with E-state index >= 15 is 0 Å². The van der Waals surface area contributed by atoms with Crippen LogP contribution in [0, 0.1) is 0 Å². The van der Waals surface area contributed by atoms with Crippen LogP contribution in [0.2, 0.25) is 5.02 Å². The summed E-state index contributed by atoms with van der Waals surface area (Å²) in [5.74, 6) is -0.255. The molecule has 2 N–H and O–H groups in total. The molecule has 0 spiro atoms. The number of sulfonamides is 1. The molecule has 1 aliphatic heterocycles. The summed E-state index contributed by atoms with van der Waals surface area (Å²) < 4.78 is 35.2. The van der Waals surface area contributed by atoms with E-state index in [0.29, 0.717) is 16.4 Å². The van der Waals surface area contributed by atoms with Crippen LogP contribution in [0.3, 0.4) is 0 Å². The molecule has 0 amide bonds. The van der Waals surface area contributed by atoms with Gasteiger partial charge in [-0.05, 0) is 24.3 Å². The number of halogens is 1. The molecular formula is C12H8ClN3O3S2. The molecule has 21 heavy (non-hydrogen) atoms. The van der Waals surface area contributed by atoms with Crippen molar-refractivity contribution in [1.29, 1.82) is 0 Å². The Kier molecular flexibility index (Phi) is 3.44. The van der Waals surface area contributed by atoms with Gasteiger partial charge in [0.2, 0.25) is 0 Å². The Bertz CT molecular complexity index is 906. The van der Waals surface area contributed by atoms with Gasteiger partial charge in [0, 0.05) is 11.1 Å². The minimum absolute atomic E-state index is 0.00287. The second-order valence-electron chi connectivity index (χ2n) is 4.16. The van der Waals surface area contributed by atoms with E-state index in [2.05, 4.69) is 13.4 Å². The number of phenolic OH excluding ortho intramolecular Hbond substituents is 1. The molecule has 9 heteroatoms. The molecular weight excluding hydrogens is 334 g/mol. The van der Waals surface area contributed by atoms with E-state index in [9.17, 15) is 13.5 Å². The lowest BCUT2D eigenvalue weighted by atomic mass is 10.3. The van der Waals surface area contributed by atoms with Crippen LogP contribution in [-0.4, -0.2) is 13.5 Å². The Morgan fingerprint density at radius 3 is 2.76 bits per heavy atom. The topological polar surface area (TPSA) is 91.1 Å². The number of fused-ring (bicyclic) bond motifs is 1. The third kappa shape index (κ3) is 2.65. The summed E-state index contributed by atoms with van der Waals surface area (Å²) in [6.07, 6.45) is 0. The van der Waals surface area contributed by atoms with Gasteiger partial charge in [0.25, 0.3) is 10.0 Å². The second kappa shape index (κ2) is 5.14. The Labute approximate surface area is 129 Å². The lowest BCUT2D eigenvalue weighted by molar-refractivity contribution is 0.477. The van der Waals surface area contributed by atoms with Crippen LogP contribution in [0.15, 0.2) is 50.0 Å². The first-order chi connectivity index (χ1) is 9.97. The molecule has 0 atom stereocenters. The van der Waals surface area contributed by atoms with Gasteiger partial charge in [0.1, 0.15) is 22.0 Å². The van der Waals surface area contributed by atoms with Gasteiger partial charge in [-0.2, -0.15) is 8.73 Å². The van der Waals surface area contributed by atoms with Gasteiger partial charge in [-0.3, -0.25) is 4.72 Å². The number of hydrogen-bond donors (Lipinski definition) is 2. The average Bonchev–Trinajstić information content (AvgIpc) is 2.90. The van der Waals surface area contributed by atoms with Gasteiger partial charge < -0.3 is 5.11 Å². The molecule has 0 fully saturated rings. The summed E-state index contributed by atoms with van der Waals surface area (Å²) in [6, 6.07) is 8.81. The van der Waals surface area contributed by atoms with Crippen molar-refractivity contribution in [3.8, 4) is 5.75 Å². The van der Waals surface area contributed by atoms with Crippen molar-refractivity contribution in [3.05, 3.63) is 41.4 Å². The maximum atomic E-state index is 12.4. The third-order valence-electron chi connectivity index (χ3n) is 2.74. The van der Waals surface area contributed by atoms with E-state index < -0.39 is 10.0 Å². The third-order valence-corrected chi connectivity index (χ3v) is 4.92. The molecule has 6 nitrogen and oxygen atoms in total. The van der Waals surface area contributed by atoms with E-state index in [1.54, 1.807) is 12.1 Å².